The molecule has 0 radical (unpaired) electrons. The minimum atomic E-state index is 1.19. The summed E-state index contributed by atoms with van der Waals surface area (Å²) in [5.41, 5.74) is 4.25. The lowest BCUT2D eigenvalue weighted by Gasteiger charge is -2.08. The van der Waals surface area contributed by atoms with Gasteiger partial charge in [-0.25, -0.2) is 0 Å². The Labute approximate surface area is 100 Å². The van der Waals surface area contributed by atoms with Gasteiger partial charge < -0.3 is 0 Å². The predicted octanol–water partition coefficient (Wildman–Crippen LogP) is 5.01. The summed E-state index contributed by atoms with van der Waals surface area (Å²) in [7, 11) is 0. The van der Waals surface area contributed by atoms with Gasteiger partial charge in [-0.3, -0.25) is 0 Å². The second kappa shape index (κ2) is 7.27. The van der Waals surface area contributed by atoms with Crippen LogP contribution in [0.4, 0.5) is 0 Å². The topological polar surface area (TPSA) is 0 Å². The maximum Gasteiger partial charge on any atom is -0.0228 e. The molecule has 16 heavy (non-hydrogen) atoms. The van der Waals surface area contributed by atoms with Crippen LogP contribution in [0.25, 0.3) is 6.08 Å². The highest BCUT2D eigenvalue weighted by atomic mass is 14.1. The van der Waals surface area contributed by atoms with E-state index >= 15 is 0 Å². The van der Waals surface area contributed by atoms with Crippen LogP contribution in [0.5, 0.6) is 0 Å². The molecule has 0 spiro atoms. The Morgan fingerprint density at radius 3 is 2.38 bits per heavy atom. The van der Waals surface area contributed by atoms with Crippen molar-refractivity contribution in [2.24, 2.45) is 0 Å². The van der Waals surface area contributed by atoms with E-state index in [1.54, 1.807) is 0 Å². The Bertz CT molecular complexity index is 323. The predicted molar refractivity (Wildman–Crippen MR) is 73.8 cm³/mol. The maximum absolute atomic E-state index is 3.92. The normalized spacial score (nSPS) is 10.4. The fourth-order valence-corrected chi connectivity index (χ4v) is 1.97. The molecule has 0 saturated heterocycles. The lowest BCUT2D eigenvalue weighted by Crippen LogP contribution is -1.93. The van der Waals surface area contributed by atoms with Crippen LogP contribution in [0.2, 0.25) is 0 Å². The van der Waals surface area contributed by atoms with E-state index in [0.717, 1.165) is 0 Å². The molecule has 0 aliphatic heterocycles. The van der Waals surface area contributed by atoms with Crippen LogP contribution in [0.3, 0.4) is 0 Å². The maximum atomic E-state index is 3.92. The quantitative estimate of drug-likeness (QED) is 0.600. The van der Waals surface area contributed by atoms with Gasteiger partial charge in [0.25, 0.3) is 0 Å². The molecule has 1 aromatic rings. The van der Waals surface area contributed by atoms with E-state index in [2.05, 4.69) is 38.6 Å². The van der Waals surface area contributed by atoms with Gasteiger partial charge in [0, 0.05) is 0 Å². The third kappa shape index (κ3) is 3.84. The SMILES string of the molecule is C=Cc1cc(CCCC)ccc1CCCC. The first-order chi connectivity index (χ1) is 7.81. The zero-order chi connectivity index (χ0) is 11.8. The summed E-state index contributed by atoms with van der Waals surface area (Å²) in [5.74, 6) is 0. The number of unbranched alkanes of at least 4 members (excludes halogenated alkanes) is 2. The summed E-state index contributed by atoms with van der Waals surface area (Å²) < 4.78 is 0. The molecule has 0 aliphatic carbocycles. The highest BCUT2D eigenvalue weighted by Crippen LogP contribution is 2.17. The van der Waals surface area contributed by atoms with Crippen LogP contribution < -0.4 is 0 Å². The first kappa shape index (κ1) is 13.0. The van der Waals surface area contributed by atoms with Gasteiger partial charge in [0.05, 0.1) is 0 Å². The first-order valence-corrected chi connectivity index (χ1v) is 6.56. The molecule has 0 atom stereocenters. The van der Waals surface area contributed by atoms with E-state index in [1.165, 1.54) is 55.2 Å². The fraction of sp³-hybridized carbons (Fsp3) is 0.500. The van der Waals surface area contributed by atoms with Crippen LogP contribution in [-0.4, -0.2) is 0 Å². The van der Waals surface area contributed by atoms with Gasteiger partial charge in [-0.15, -0.1) is 0 Å². The van der Waals surface area contributed by atoms with Crippen molar-refractivity contribution >= 4 is 6.08 Å². The summed E-state index contributed by atoms with van der Waals surface area (Å²) >= 11 is 0. The molecule has 0 N–H and O–H groups in total. The zero-order valence-electron chi connectivity index (χ0n) is 10.8. The van der Waals surface area contributed by atoms with E-state index in [1.807, 2.05) is 6.08 Å². The van der Waals surface area contributed by atoms with Gasteiger partial charge >= 0.3 is 0 Å². The van der Waals surface area contributed by atoms with Gasteiger partial charge in [-0.2, -0.15) is 0 Å². The number of rotatable bonds is 7. The summed E-state index contributed by atoms with van der Waals surface area (Å²) in [6, 6.07) is 6.89. The van der Waals surface area contributed by atoms with Gasteiger partial charge in [0.2, 0.25) is 0 Å². The summed E-state index contributed by atoms with van der Waals surface area (Å²) in [5, 5.41) is 0. The average Bonchev–Trinajstić information content (AvgIpc) is 2.34. The van der Waals surface area contributed by atoms with Crippen LogP contribution in [0.15, 0.2) is 24.8 Å². The van der Waals surface area contributed by atoms with Crippen molar-refractivity contribution in [3.8, 4) is 0 Å². The second-order valence-electron chi connectivity index (χ2n) is 4.44. The van der Waals surface area contributed by atoms with Crippen LogP contribution >= 0.6 is 0 Å². The van der Waals surface area contributed by atoms with Crippen LogP contribution in [0.1, 0.15) is 56.2 Å². The summed E-state index contributed by atoms with van der Waals surface area (Å²) in [4.78, 5) is 0. The van der Waals surface area contributed by atoms with Crippen molar-refractivity contribution < 1.29 is 0 Å². The molecule has 0 saturated carbocycles. The highest BCUT2D eigenvalue weighted by molar-refractivity contribution is 5.53. The number of hydrogen-bond donors (Lipinski definition) is 0. The zero-order valence-corrected chi connectivity index (χ0v) is 10.8. The number of hydrogen-bond acceptors (Lipinski definition) is 0. The molecular weight excluding hydrogens is 192 g/mol. The van der Waals surface area contributed by atoms with Crippen molar-refractivity contribution in [2.45, 2.75) is 52.4 Å². The lowest BCUT2D eigenvalue weighted by molar-refractivity contribution is 0.785. The van der Waals surface area contributed by atoms with Crippen LogP contribution in [-0.2, 0) is 12.8 Å². The molecule has 0 unspecified atom stereocenters. The number of benzene rings is 1. The van der Waals surface area contributed by atoms with Gasteiger partial charge in [-0.1, -0.05) is 57.5 Å². The minimum absolute atomic E-state index is 1.19. The molecular formula is C16H24. The highest BCUT2D eigenvalue weighted by Gasteiger charge is 2.01. The Balaban J connectivity index is 2.75. The minimum Gasteiger partial charge on any atom is -0.0985 e. The molecule has 0 heterocycles. The molecule has 0 aromatic heterocycles. The van der Waals surface area contributed by atoms with Crippen molar-refractivity contribution in [3.05, 3.63) is 41.5 Å². The van der Waals surface area contributed by atoms with Crippen molar-refractivity contribution in [2.75, 3.05) is 0 Å². The second-order valence-corrected chi connectivity index (χ2v) is 4.44. The van der Waals surface area contributed by atoms with Crippen LogP contribution in [0, 0.1) is 0 Å². The summed E-state index contributed by atoms with van der Waals surface area (Å²) in [6.07, 6.45) is 9.47. The largest absolute Gasteiger partial charge is 0.0985 e. The molecule has 0 nitrogen and oxygen atoms in total. The Morgan fingerprint density at radius 1 is 1.06 bits per heavy atom. The van der Waals surface area contributed by atoms with E-state index in [9.17, 15) is 0 Å². The Hall–Kier alpha value is -1.04. The van der Waals surface area contributed by atoms with Crippen molar-refractivity contribution in [1.82, 2.24) is 0 Å². The lowest BCUT2D eigenvalue weighted by atomic mass is 9.97. The van der Waals surface area contributed by atoms with Crippen molar-refractivity contribution in [3.63, 3.8) is 0 Å². The van der Waals surface area contributed by atoms with Gasteiger partial charge in [0.1, 0.15) is 0 Å². The Morgan fingerprint density at radius 2 is 1.75 bits per heavy atom. The molecule has 0 amide bonds. The van der Waals surface area contributed by atoms with Crippen molar-refractivity contribution in [1.29, 1.82) is 0 Å². The number of aryl methyl sites for hydroxylation is 2. The monoisotopic (exact) mass is 216 g/mol. The smallest absolute Gasteiger partial charge is 0.0228 e. The van der Waals surface area contributed by atoms with E-state index in [0.29, 0.717) is 0 Å². The molecule has 0 heteroatoms. The van der Waals surface area contributed by atoms with E-state index in [-0.39, 0.29) is 0 Å². The molecule has 0 aliphatic rings. The molecule has 0 bridgehead atoms. The standard InChI is InChI=1S/C16H24/c1-4-7-9-14-11-12-16(10-8-5-2)15(6-3)13-14/h6,11-13H,3-5,7-10H2,1-2H3. The van der Waals surface area contributed by atoms with E-state index < -0.39 is 0 Å². The molecule has 88 valence electrons. The molecule has 0 fully saturated rings. The van der Waals surface area contributed by atoms with Gasteiger partial charge in [-0.05, 0) is 42.4 Å². The molecule has 1 rings (SSSR count). The van der Waals surface area contributed by atoms with Gasteiger partial charge in [0.15, 0.2) is 0 Å². The first-order valence-electron chi connectivity index (χ1n) is 6.56. The molecule has 1 aromatic carbocycles. The Kier molecular flexibility index (Phi) is 5.92. The third-order valence-electron chi connectivity index (χ3n) is 3.05. The van der Waals surface area contributed by atoms with E-state index in [4.69, 9.17) is 0 Å². The summed E-state index contributed by atoms with van der Waals surface area (Å²) in [6.45, 7) is 8.40. The average molecular weight is 216 g/mol. The fourth-order valence-electron chi connectivity index (χ4n) is 1.97. The third-order valence-corrected chi connectivity index (χ3v) is 3.05.